The van der Waals surface area contributed by atoms with Gasteiger partial charge in [0.25, 0.3) is 0 Å². The molecular weight excluding hydrogens is 260 g/mol. The standard InChI is InChI=1S/C13H6F4N2/c14-8-6-9(15)11(17)12(10(8)16)19-5-3-7-2-1-4-18-13(7)19/h1-6H. The zero-order chi connectivity index (χ0) is 13.6. The molecule has 0 amide bonds. The van der Waals surface area contributed by atoms with E-state index in [1.165, 1.54) is 12.4 Å². The first kappa shape index (κ1) is 11.7. The van der Waals surface area contributed by atoms with Crippen LogP contribution in [0.15, 0.2) is 36.7 Å². The van der Waals surface area contributed by atoms with E-state index < -0.39 is 29.0 Å². The van der Waals surface area contributed by atoms with E-state index in [-0.39, 0.29) is 11.7 Å². The summed E-state index contributed by atoms with van der Waals surface area (Å²) in [5.41, 5.74) is -0.600. The molecule has 0 radical (unpaired) electrons. The number of nitrogens with zero attached hydrogens (tertiary/aromatic N) is 2. The minimum absolute atomic E-state index is 0.174. The maximum absolute atomic E-state index is 13.7. The molecule has 0 atom stereocenters. The first-order valence-electron chi connectivity index (χ1n) is 5.35. The van der Waals surface area contributed by atoms with Crippen LogP contribution in [-0.2, 0) is 0 Å². The Morgan fingerprint density at radius 1 is 0.947 bits per heavy atom. The molecule has 0 N–H and O–H groups in total. The summed E-state index contributed by atoms with van der Waals surface area (Å²) in [4.78, 5) is 3.94. The number of hydrogen-bond acceptors (Lipinski definition) is 1. The van der Waals surface area contributed by atoms with E-state index in [0.29, 0.717) is 5.39 Å². The molecule has 0 saturated heterocycles. The zero-order valence-corrected chi connectivity index (χ0v) is 9.37. The number of halogens is 4. The molecule has 0 unspecified atom stereocenters. The van der Waals surface area contributed by atoms with Crippen LogP contribution >= 0.6 is 0 Å². The highest BCUT2D eigenvalue weighted by Gasteiger charge is 2.21. The smallest absolute Gasteiger partial charge is 0.186 e. The predicted molar refractivity (Wildman–Crippen MR) is 60.9 cm³/mol. The molecule has 2 aromatic heterocycles. The van der Waals surface area contributed by atoms with Gasteiger partial charge in [0.05, 0.1) is 0 Å². The molecule has 6 heteroatoms. The molecule has 0 aliphatic carbocycles. The van der Waals surface area contributed by atoms with Crippen molar-refractivity contribution >= 4 is 11.0 Å². The van der Waals surface area contributed by atoms with Crippen molar-refractivity contribution in [2.45, 2.75) is 0 Å². The summed E-state index contributed by atoms with van der Waals surface area (Å²) in [5.74, 6) is -5.82. The summed E-state index contributed by atoms with van der Waals surface area (Å²) >= 11 is 0. The van der Waals surface area contributed by atoms with Crippen molar-refractivity contribution in [2.24, 2.45) is 0 Å². The van der Waals surface area contributed by atoms with Crippen molar-refractivity contribution in [1.82, 2.24) is 9.55 Å². The second-order valence-corrected chi connectivity index (χ2v) is 3.92. The first-order chi connectivity index (χ1) is 9.09. The van der Waals surface area contributed by atoms with Gasteiger partial charge in [-0.1, -0.05) is 0 Å². The lowest BCUT2D eigenvalue weighted by Crippen LogP contribution is -2.06. The second-order valence-electron chi connectivity index (χ2n) is 3.92. The summed E-state index contributed by atoms with van der Waals surface area (Å²) in [6.07, 6.45) is 2.72. The van der Waals surface area contributed by atoms with E-state index in [4.69, 9.17) is 0 Å². The Morgan fingerprint density at radius 2 is 1.63 bits per heavy atom. The van der Waals surface area contributed by atoms with E-state index in [1.807, 2.05) is 0 Å². The van der Waals surface area contributed by atoms with Crippen LogP contribution in [0.4, 0.5) is 17.6 Å². The van der Waals surface area contributed by atoms with E-state index >= 15 is 0 Å². The lowest BCUT2D eigenvalue weighted by molar-refractivity contribution is 0.448. The molecule has 2 nitrogen and oxygen atoms in total. The van der Waals surface area contributed by atoms with Gasteiger partial charge in [-0.3, -0.25) is 4.57 Å². The van der Waals surface area contributed by atoms with Gasteiger partial charge >= 0.3 is 0 Å². The maximum atomic E-state index is 13.7. The highest BCUT2D eigenvalue weighted by atomic mass is 19.2. The Labute approximate surface area is 104 Å². The SMILES string of the molecule is Fc1cc(F)c(F)c(-n2ccc3cccnc32)c1F. The number of rotatable bonds is 1. The minimum Gasteiger partial charge on any atom is -0.296 e. The fourth-order valence-corrected chi connectivity index (χ4v) is 1.92. The van der Waals surface area contributed by atoms with Gasteiger partial charge in [-0.15, -0.1) is 0 Å². The van der Waals surface area contributed by atoms with E-state index in [1.54, 1.807) is 18.2 Å². The average Bonchev–Trinajstić information content (AvgIpc) is 2.81. The molecule has 3 rings (SSSR count). The number of pyridine rings is 1. The Morgan fingerprint density at radius 3 is 2.32 bits per heavy atom. The van der Waals surface area contributed by atoms with Gasteiger partial charge in [-0.25, -0.2) is 22.5 Å². The number of hydrogen-bond donors (Lipinski definition) is 0. The minimum atomic E-state index is -1.46. The molecule has 2 heterocycles. The van der Waals surface area contributed by atoms with Gasteiger partial charge < -0.3 is 0 Å². The monoisotopic (exact) mass is 266 g/mol. The number of benzene rings is 1. The third-order valence-corrected chi connectivity index (χ3v) is 2.78. The number of fused-ring (bicyclic) bond motifs is 1. The Bertz CT molecular complexity index is 753. The molecule has 0 bridgehead atoms. The molecule has 0 saturated carbocycles. The Kier molecular flexibility index (Phi) is 2.51. The van der Waals surface area contributed by atoms with E-state index in [0.717, 1.165) is 4.57 Å². The molecule has 96 valence electrons. The molecule has 0 aliphatic rings. The lowest BCUT2D eigenvalue weighted by Gasteiger charge is -2.09. The van der Waals surface area contributed by atoms with Crippen molar-refractivity contribution < 1.29 is 17.6 Å². The zero-order valence-electron chi connectivity index (χ0n) is 9.37. The van der Waals surface area contributed by atoms with Crippen LogP contribution in [0.25, 0.3) is 16.7 Å². The van der Waals surface area contributed by atoms with Crippen molar-refractivity contribution in [2.75, 3.05) is 0 Å². The summed E-state index contributed by atoms with van der Waals surface area (Å²) in [6, 6.07) is 5.03. The number of aromatic nitrogens is 2. The summed E-state index contributed by atoms with van der Waals surface area (Å²) in [6.45, 7) is 0. The van der Waals surface area contributed by atoms with Crippen LogP contribution in [0.5, 0.6) is 0 Å². The van der Waals surface area contributed by atoms with Gasteiger partial charge in [0.1, 0.15) is 11.3 Å². The summed E-state index contributed by atoms with van der Waals surface area (Å²) in [5, 5.41) is 0.603. The normalized spacial score (nSPS) is 11.2. The van der Waals surface area contributed by atoms with Crippen LogP contribution in [0.2, 0.25) is 0 Å². The Hall–Kier alpha value is -2.37. The van der Waals surface area contributed by atoms with Gasteiger partial charge in [-0.05, 0) is 18.2 Å². The average molecular weight is 266 g/mol. The third-order valence-electron chi connectivity index (χ3n) is 2.78. The predicted octanol–water partition coefficient (Wildman–Crippen LogP) is 3.58. The van der Waals surface area contributed by atoms with Crippen LogP contribution in [-0.4, -0.2) is 9.55 Å². The molecular formula is C13H6F4N2. The summed E-state index contributed by atoms with van der Waals surface area (Å²) < 4.78 is 54.8. The first-order valence-corrected chi connectivity index (χ1v) is 5.35. The summed E-state index contributed by atoms with van der Waals surface area (Å²) in [7, 11) is 0. The molecule has 1 aromatic carbocycles. The molecule has 3 aromatic rings. The van der Waals surface area contributed by atoms with Crippen molar-refractivity contribution in [3.8, 4) is 5.69 Å². The van der Waals surface area contributed by atoms with Gasteiger partial charge in [0.15, 0.2) is 23.3 Å². The third kappa shape index (κ3) is 1.68. The molecule has 0 spiro atoms. The fourth-order valence-electron chi connectivity index (χ4n) is 1.92. The fraction of sp³-hybridized carbons (Fsp3) is 0. The highest BCUT2D eigenvalue weighted by molar-refractivity contribution is 5.77. The van der Waals surface area contributed by atoms with E-state index in [9.17, 15) is 17.6 Å². The van der Waals surface area contributed by atoms with Crippen molar-refractivity contribution in [3.63, 3.8) is 0 Å². The highest BCUT2D eigenvalue weighted by Crippen LogP contribution is 2.26. The molecule has 0 fully saturated rings. The molecule has 19 heavy (non-hydrogen) atoms. The topological polar surface area (TPSA) is 17.8 Å². The van der Waals surface area contributed by atoms with E-state index in [2.05, 4.69) is 4.98 Å². The molecule has 0 aliphatic heterocycles. The van der Waals surface area contributed by atoms with Gasteiger partial charge in [-0.2, -0.15) is 0 Å². The van der Waals surface area contributed by atoms with Crippen molar-refractivity contribution in [1.29, 1.82) is 0 Å². The quantitative estimate of drug-likeness (QED) is 0.486. The van der Waals surface area contributed by atoms with Gasteiger partial charge in [0, 0.05) is 23.8 Å². The van der Waals surface area contributed by atoms with Crippen LogP contribution < -0.4 is 0 Å². The Balaban J connectivity index is 2.39. The van der Waals surface area contributed by atoms with Crippen molar-refractivity contribution in [3.05, 3.63) is 59.9 Å². The second kappa shape index (κ2) is 4.08. The van der Waals surface area contributed by atoms with Crippen LogP contribution in [0, 0.1) is 23.3 Å². The largest absolute Gasteiger partial charge is 0.296 e. The lowest BCUT2D eigenvalue weighted by atomic mass is 10.2. The van der Waals surface area contributed by atoms with Crippen LogP contribution in [0.1, 0.15) is 0 Å². The maximum Gasteiger partial charge on any atom is 0.186 e. The van der Waals surface area contributed by atoms with Gasteiger partial charge in [0.2, 0.25) is 0 Å². The van der Waals surface area contributed by atoms with Crippen LogP contribution in [0.3, 0.4) is 0 Å².